The van der Waals surface area contributed by atoms with E-state index in [2.05, 4.69) is 140 Å². The van der Waals surface area contributed by atoms with Gasteiger partial charge < -0.3 is 0 Å². The SMILES string of the molecule is Cc1cccc(-c2ccc(-c3ccc4c(-c5ccccc5)c5ccccc5c(-c5ccccc5)c4c3)cc2)n1. The van der Waals surface area contributed by atoms with Crippen molar-refractivity contribution >= 4 is 21.5 Å². The lowest BCUT2D eigenvalue weighted by Gasteiger charge is -2.18. The second-order valence-corrected chi connectivity index (χ2v) is 10.0. The van der Waals surface area contributed by atoms with Crippen LogP contribution in [0, 0.1) is 6.92 Å². The van der Waals surface area contributed by atoms with E-state index in [4.69, 9.17) is 4.98 Å². The minimum atomic E-state index is 1.00. The molecular formula is C38H27N. The van der Waals surface area contributed by atoms with Crippen LogP contribution in [-0.4, -0.2) is 4.98 Å². The molecule has 0 aliphatic carbocycles. The maximum absolute atomic E-state index is 4.70. The molecule has 0 saturated carbocycles. The number of hydrogen-bond acceptors (Lipinski definition) is 1. The Morgan fingerprint density at radius 3 is 1.49 bits per heavy atom. The Bertz CT molecular complexity index is 1940. The second-order valence-electron chi connectivity index (χ2n) is 10.0. The Balaban J connectivity index is 1.48. The van der Waals surface area contributed by atoms with Crippen molar-refractivity contribution in [2.75, 3.05) is 0 Å². The lowest BCUT2D eigenvalue weighted by Crippen LogP contribution is -1.91. The summed E-state index contributed by atoms with van der Waals surface area (Å²) >= 11 is 0. The Kier molecular flexibility index (Phi) is 5.75. The lowest BCUT2D eigenvalue weighted by molar-refractivity contribution is 1.21. The van der Waals surface area contributed by atoms with Gasteiger partial charge in [-0.2, -0.15) is 0 Å². The van der Waals surface area contributed by atoms with E-state index in [0.717, 1.165) is 17.0 Å². The van der Waals surface area contributed by atoms with E-state index in [-0.39, 0.29) is 0 Å². The van der Waals surface area contributed by atoms with Crippen LogP contribution in [0.5, 0.6) is 0 Å². The largest absolute Gasteiger partial charge is 0.253 e. The molecular weight excluding hydrogens is 470 g/mol. The van der Waals surface area contributed by atoms with Gasteiger partial charge in [-0.3, -0.25) is 4.98 Å². The van der Waals surface area contributed by atoms with E-state index in [1.165, 1.54) is 54.9 Å². The Morgan fingerprint density at radius 2 is 0.872 bits per heavy atom. The summed E-state index contributed by atoms with van der Waals surface area (Å²) in [4.78, 5) is 4.70. The van der Waals surface area contributed by atoms with Crippen LogP contribution in [0.2, 0.25) is 0 Å². The van der Waals surface area contributed by atoms with E-state index in [1.54, 1.807) is 0 Å². The molecule has 0 radical (unpaired) electrons. The number of pyridine rings is 1. The molecule has 1 aromatic heterocycles. The Labute approximate surface area is 229 Å². The van der Waals surface area contributed by atoms with Gasteiger partial charge in [-0.25, -0.2) is 0 Å². The fourth-order valence-electron chi connectivity index (χ4n) is 5.73. The maximum Gasteiger partial charge on any atom is 0.0705 e. The summed E-state index contributed by atoms with van der Waals surface area (Å²) in [6, 6.07) is 52.3. The van der Waals surface area contributed by atoms with Gasteiger partial charge in [0.15, 0.2) is 0 Å². The van der Waals surface area contributed by atoms with Crippen molar-refractivity contribution < 1.29 is 0 Å². The van der Waals surface area contributed by atoms with Gasteiger partial charge in [0.05, 0.1) is 5.69 Å². The lowest BCUT2D eigenvalue weighted by atomic mass is 9.85. The minimum absolute atomic E-state index is 1.00. The van der Waals surface area contributed by atoms with Crippen LogP contribution in [0.25, 0.3) is 66.2 Å². The molecule has 0 N–H and O–H groups in total. The quantitative estimate of drug-likeness (QED) is 0.220. The van der Waals surface area contributed by atoms with Crippen LogP contribution >= 0.6 is 0 Å². The van der Waals surface area contributed by atoms with Gasteiger partial charge in [0.2, 0.25) is 0 Å². The van der Waals surface area contributed by atoms with Gasteiger partial charge in [0.1, 0.15) is 0 Å². The van der Waals surface area contributed by atoms with Crippen molar-refractivity contribution in [1.29, 1.82) is 0 Å². The Hall–Kier alpha value is -5.01. The smallest absolute Gasteiger partial charge is 0.0705 e. The number of aryl methyl sites for hydroxylation is 1. The maximum atomic E-state index is 4.70. The summed E-state index contributed by atoms with van der Waals surface area (Å²) < 4.78 is 0. The van der Waals surface area contributed by atoms with Crippen molar-refractivity contribution in [1.82, 2.24) is 4.98 Å². The van der Waals surface area contributed by atoms with E-state index < -0.39 is 0 Å². The van der Waals surface area contributed by atoms with E-state index in [1.807, 2.05) is 13.0 Å². The minimum Gasteiger partial charge on any atom is -0.253 e. The molecule has 0 spiro atoms. The predicted octanol–water partition coefficient (Wildman–Crippen LogP) is 10.4. The summed E-state index contributed by atoms with van der Waals surface area (Å²) in [6.07, 6.45) is 0. The number of fused-ring (bicyclic) bond motifs is 2. The molecule has 1 heteroatoms. The third-order valence-corrected chi connectivity index (χ3v) is 7.55. The molecule has 184 valence electrons. The zero-order chi connectivity index (χ0) is 26.2. The fraction of sp³-hybridized carbons (Fsp3) is 0.0263. The highest BCUT2D eigenvalue weighted by Gasteiger charge is 2.17. The fourth-order valence-corrected chi connectivity index (χ4v) is 5.73. The van der Waals surface area contributed by atoms with E-state index >= 15 is 0 Å². The molecule has 0 aliphatic rings. The van der Waals surface area contributed by atoms with Crippen molar-refractivity contribution in [2.24, 2.45) is 0 Å². The van der Waals surface area contributed by atoms with E-state index in [9.17, 15) is 0 Å². The van der Waals surface area contributed by atoms with E-state index in [0.29, 0.717) is 0 Å². The zero-order valence-electron chi connectivity index (χ0n) is 21.8. The average Bonchev–Trinajstić information content (AvgIpc) is 3.00. The van der Waals surface area contributed by atoms with Crippen LogP contribution in [0.4, 0.5) is 0 Å². The van der Waals surface area contributed by atoms with Crippen molar-refractivity contribution in [3.8, 4) is 44.6 Å². The molecule has 7 aromatic rings. The first-order chi connectivity index (χ1) is 19.3. The molecule has 7 rings (SSSR count). The molecule has 0 bridgehead atoms. The first-order valence-electron chi connectivity index (χ1n) is 13.4. The standard InChI is InChI=1S/C38H27N/c1-26-11-10-18-36(39-26)28-21-19-27(20-22-28)31-23-24-34-35(25-31)38(30-14-6-3-7-15-30)33-17-9-8-16-32(33)37(34)29-12-4-2-5-13-29/h2-25H,1H3. The number of nitrogens with zero attached hydrogens (tertiary/aromatic N) is 1. The third-order valence-electron chi connectivity index (χ3n) is 7.55. The van der Waals surface area contributed by atoms with Crippen LogP contribution in [-0.2, 0) is 0 Å². The summed E-state index contributed by atoms with van der Waals surface area (Å²) in [6.45, 7) is 2.03. The van der Waals surface area contributed by atoms with Gasteiger partial charge in [-0.05, 0) is 80.0 Å². The second kappa shape index (κ2) is 9.70. The molecule has 0 fully saturated rings. The highest BCUT2D eigenvalue weighted by molar-refractivity contribution is 6.21. The van der Waals surface area contributed by atoms with Gasteiger partial charge in [0.25, 0.3) is 0 Å². The molecule has 0 saturated heterocycles. The number of aromatic nitrogens is 1. The van der Waals surface area contributed by atoms with Crippen LogP contribution in [0.15, 0.2) is 146 Å². The highest BCUT2D eigenvalue weighted by Crippen LogP contribution is 2.44. The topological polar surface area (TPSA) is 12.9 Å². The van der Waals surface area contributed by atoms with Crippen LogP contribution in [0.3, 0.4) is 0 Å². The summed E-state index contributed by atoms with van der Waals surface area (Å²) in [5, 5.41) is 5.08. The number of benzene rings is 6. The molecule has 0 aliphatic heterocycles. The summed E-state index contributed by atoms with van der Waals surface area (Å²) in [5.74, 6) is 0. The van der Waals surface area contributed by atoms with Crippen molar-refractivity contribution in [2.45, 2.75) is 6.92 Å². The molecule has 0 unspecified atom stereocenters. The van der Waals surface area contributed by atoms with Crippen molar-refractivity contribution in [3.63, 3.8) is 0 Å². The molecule has 6 aromatic carbocycles. The zero-order valence-corrected chi connectivity index (χ0v) is 21.8. The first kappa shape index (κ1) is 23.1. The van der Waals surface area contributed by atoms with Gasteiger partial charge in [-0.1, -0.05) is 127 Å². The van der Waals surface area contributed by atoms with Gasteiger partial charge >= 0.3 is 0 Å². The third kappa shape index (κ3) is 4.19. The normalized spacial score (nSPS) is 11.2. The van der Waals surface area contributed by atoms with Crippen LogP contribution in [0.1, 0.15) is 5.69 Å². The summed E-state index contributed by atoms with van der Waals surface area (Å²) in [5.41, 5.74) is 10.6. The first-order valence-corrected chi connectivity index (χ1v) is 13.4. The van der Waals surface area contributed by atoms with Crippen molar-refractivity contribution in [3.05, 3.63) is 151 Å². The van der Waals surface area contributed by atoms with Crippen LogP contribution < -0.4 is 0 Å². The predicted molar refractivity (Wildman–Crippen MR) is 166 cm³/mol. The molecule has 1 nitrogen and oxygen atoms in total. The molecule has 0 atom stereocenters. The highest BCUT2D eigenvalue weighted by atomic mass is 14.7. The van der Waals surface area contributed by atoms with Gasteiger partial charge in [0, 0.05) is 11.3 Å². The summed E-state index contributed by atoms with van der Waals surface area (Å²) in [7, 11) is 0. The van der Waals surface area contributed by atoms with Gasteiger partial charge in [-0.15, -0.1) is 0 Å². The monoisotopic (exact) mass is 497 g/mol. The molecule has 39 heavy (non-hydrogen) atoms. The molecule has 0 amide bonds. The average molecular weight is 498 g/mol. The number of rotatable bonds is 4. The number of hydrogen-bond donors (Lipinski definition) is 0. The Morgan fingerprint density at radius 1 is 0.359 bits per heavy atom. The molecule has 1 heterocycles.